The van der Waals surface area contributed by atoms with Crippen molar-refractivity contribution >= 4 is 11.9 Å². The minimum atomic E-state index is -0.104. The van der Waals surface area contributed by atoms with Crippen LogP contribution in [-0.4, -0.2) is 46.4 Å². The van der Waals surface area contributed by atoms with Crippen LogP contribution in [0, 0.1) is 0 Å². The lowest BCUT2D eigenvalue weighted by molar-refractivity contribution is -0.129. The van der Waals surface area contributed by atoms with Crippen LogP contribution in [0.2, 0.25) is 0 Å². The number of carbonyl (C=O) groups is 2. The Morgan fingerprint density at radius 3 is 2.43 bits per heavy atom. The second kappa shape index (κ2) is 7.49. The smallest absolute Gasteiger partial charge is 0.318 e. The fraction of sp³-hybridized carbons (Fsp3) is 0.556. The van der Waals surface area contributed by atoms with Crippen molar-refractivity contribution in [2.24, 2.45) is 0 Å². The molecule has 1 heterocycles. The number of carbonyl (C=O) groups excluding carboxylic acids is 2. The average molecular weight is 317 g/mol. The van der Waals surface area contributed by atoms with Crippen molar-refractivity contribution in [3.8, 4) is 0 Å². The van der Waals surface area contributed by atoms with Crippen LogP contribution in [0.1, 0.15) is 39.7 Å². The number of nitrogens with zero attached hydrogens (tertiary/aromatic N) is 2. The van der Waals surface area contributed by atoms with Gasteiger partial charge in [-0.1, -0.05) is 30.3 Å². The van der Waals surface area contributed by atoms with Gasteiger partial charge in [-0.3, -0.25) is 4.79 Å². The first-order chi connectivity index (χ1) is 10.9. The third-order valence-electron chi connectivity index (χ3n) is 4.19. The Kier molecular flexibility index (Phi) is 5.64. The molecule has 1 aromatic rings. The van der Waals surface area contributed by atoms with Gasteiger partial charge in [-0.05, 0) is 33.3 Å². The summed E-state index contributed by atoms with van der Waals surface area (Å²) >= 11 is 0. The fourth-order valence-electron chi connectivity index (χ4n) is 2.85. The molecule has 5 nitrogen and oxygen atoms in total. The number of rotatable bonds is 5. The van der Waals surface area contributed by atoms with Gasteiger partial charge in [0, 0.05) is 31.6 Å². The molecule has 1 unspecified atom stereocenters. The molecule has 0 aliphatic carbocycles. The molecular formula is C18H27N3O2. The predicted octanol–water partition coefficient (Wildman–Crippen LogP) is 2.62. The first kappa shape index (κ1) is 17.3. The zero-order valence-electron chi connectivity index (χ0n) is 14.5. The van der Waals surface area contributed by atoms with E-state index in [4.69, 9.17) is 0 Å². The number of urea groups is 1. The SMILES string of the molecule is CC(C)N1CC(NC(=O)N(Cc2ccccc2)C(C)C)CC1=O. The molecule has 1 saturated heterocycles. The van der Waals surface area contributed by atoms with Crippen molar-refractivity contribution in [2.45, 2.75) is 58.8 Å². The third kappa shape index (κ3) is 4.47. The van der Waals surface area contributed by atoms with Gasteiger partial charge in [0.25, 0.3) is 0 Å². The number of amides is 3. The van der Waals surface area contributed by atoms with Gasteiger partial charge >= 0.3 is 6.03 Å². The molecule has 0 saturated carbocycles. The highest BCUT2D eigenvalue weighted by molar-refractivity contribution is 5.82. The van der Waals surface area contributed by atoms with Crippen LogP contribution >= 0.6 is 0 Å². The highest BCUT2D eigenvalue weighted by Gasteiger charge is 2.33. The number of hydrogen-bond acceptors (Lipinski definition) is 2. The summed E-state index contributed by atoms with van der Waals surface area (Å²) in [4.78, 5) is 28.2. The zero-order chi connectivity index (χ0) is 17.0. The van der Waals surface area contributed by atoms with Gasteiger partial charge in [0.1, 0.15) is 0 Å². The Hall–Kier alpha value is -2.04. The summed E-state index contributed by atoms with van der Waals surface area (Å²) in [7, 11) is 0. The lowest BCUT2D eigenvalue weighted by Crippen LogP contribution is -2.48. The molecule has 0 spiro atoms. The van der Waals surface area contributed by atoms with Gasteiger partial charge in [-0.15, -0.1) is 0 Å². The molecule has 1 N–H and O–H groups in total. The number of hydrogen-bond donors (Lipinski definition) is 1. The Morgan fingerprint density at radius 1 is 1.26 bits per heavy atom. The van der Waals surface area contributed by atoms with Crippen molar-refractivity contribution in [1.29, 1.82) is 0 Å². The number of benzene rings is 1. The molecule has 5 heteroatoms. The lowest BCUT2D eigenvalue weighted by Gasteiger charge is -2.29. The lowest BCUT2D eigenvalue weighted by atomic mass is 10.2. The van der Waals surface area contributed by atoms with Crippen LogP contribution in [0.4, 0.5) is 4.79 Å². The fourth-order valence-corrected chi connectivity index (χ4v) is 2.85. The van der Waals surface area contributed by atoms with E-state index in [0.717, 1.165) is 5.56 Å². The molecule has 0 aromatic heterocycles. The van der Waals surface area contributed by atoms with E-state index in [0.29, 0.717) is 19.5 Å². The normalized spacial score (nSPS) is 17.9. The molecule has 126 valence electrons. The minimum absolute atomic E-state index is 0.0912. The third-order valence-corrected chi connectivity index (χ3v) is 4.19. The van der Waals surface area contributed by atoms with Crippen LogP contribution < -0.4 is 5.32 Å². The van der Waals surface area contributed by atoms with Crippen LogP contribution in [0.15, 0.2) is 30.3 Å². The predicted molar refractivity (Wildman–Crippen MR) is 90.9 cm³/mol. The van der Waals surface area contributed by atoms with E-state index in [1.165, 1.54) is 0 Å². The van der Waals surface area contributed by atoms with E-state index in [-0.39, 0.29) is 30.1 Å². The molecule has 1 aromatic carbocycles. The first-order valence-corrected chi connectivity index (χ1v) is 8.29. The summed E-state index contributed by atoms with van der Waals surface area (Å²) in [6.45, 7) is 9.17. The zero-order valence-corrected chi connectivity index (χ0v) is 14.5. The molecule has 0 radical (unpaired) electrons. The maximum Gasteiger partial charge on any atom is 0.318 e. The number of likely N-dealkylation sites (tertiary alicyclic amines) is 1. The molecule has 1 aliphatic heterocycles. The van der Waals surface area contributed by atoms with Gasteiger partial charge in [0.05, 0.1) is 6.04 Å². The van der Waals surface area contributed by atoms with Crippen LogP contribution in [0.5, 0.6) is 0 Å². The summed E-state index contributed by atoms with van der Waals surface area (Å²) in [5.74, 6) is 0.115. The van der Waals surface area contributed by atoms with Crippen molar-refractivity contribution in [2.75, 3.05) is 6.54 Å². The monoisotopic (exact) mass is 317 g/mol. The Morgan fingerprint density at radius 2 is 1.91 bits per heavy atom. The second-order valence-corrected chi connectivity index (χ2v) is 6.70. The molecular weight excluding hydrogens is 290 g/mol. The van der Waals surface area contributed by atoms with E-state index in [1.54, 1.807) is 4.90 Å². The molecule has 0 bridgehead atoms. The van der Waals surface area contributed by atoms with E-state index in [1.807, 2.05) is 62.9 Å². The molecule has 23 heavy (non-hydrogen) atoms. The summed E-state index contributed by atoms with van der Waals surface area (Å²) in [6.07, 6.45) is 0.390. The van der Waals surface area contributed by atoms with E-state index in [2.05, 4.69) is 5.32 Å². The van der Waals surface area contributed by atoms with E-state index in [9.17, 15) is 9.59 Å². The average Bonchev–Trinajstić information content (AvgIpc) is 2.86. The Balaban J connectivity index is 1.98. The van der Waals surface area contributed by atoms with Gasteiger partial charge in [-0.2, -0.15) is 0 Å². The maximum absolute atomic E-state index is 12.6. The molecule has 3 amide bonds. The minimum Gasteiger partial charge on any atom is -0.338 e. The van der Waals surface area contributed by atoms with Crippen molar-refractivity contribution in [3.05, 3.63) is 35.9 Å². The molecule has 1 atom stereocenters. The highest BCUT2D eigenvalue weighted by Crippen LogP contribution is 2.15. The molecule has 2 rings (SSSR count). The Bertz CT molecular complexity index is 542. The van der Waals surface area contributed by atoms with Crippen LogP contribution in [-0.2, 0) is 11.3 Å². The van der Waals surface area contributed by atoms with Gasteiger partial charge in [-0.25, -0.2) is 4.79 Å². The van der Waals surface area contributed by atoms with Crippen LogP contribution in [0.3, 0.4) is 0 Å². The quantitative estimate of drug-likeness (QED) is 0.907. The summed E-state index contributed by atoms with van der Waals surface area (Å²) in [5.41, 5.74) is 1.10. The second-order valence-electron chi connectivity index (χ2n) is 6.70. The van der Waals surface area contributed by atoms with Crippen LogP contribution in [0.25, 0.3) is 0 Å². The van der Waals surface area contributed by atoms with Crippen molar-refractivity contribution < 1.29 is 9.59 Å². The van der Waals surface area contributed by atoms with Gasteiger partial charge in [0.2, 0.25) is 5.91 Å². The van der Waals surface area contributed by atoms with Crippen molar-refractivity contribution in [1.82, 2.24) is 15.1 Å². The van der Waals surface area contributed by atoms with Gasteiger partial charge in [0.15, 0.2) is 0 Å². The summed E-state index contributed by atoms with van der Waals surface area (Å²) in [6, 6.07) is 10.0. The maximum atomic E-state index is 12.6. The van der Waals surface area contributed by atoms with E-state index >= 15 is 0 Å². The standard InChI is InChI=1S/C18H27N3O2/c1-13(2)20-12-16(10-17(20)22)19-18(23)21(14(3)4)11-15-8-6-5-7-9-15/h5-9,13-14,16H,10-12H2,1-4H3,(H,19,23). The highest BCUT2D eigenvalue weighted by atomic mass is 16.2. The van der Waals surface area contributed by atoms with Crippen molar-refractivity contribution in [3.63, 3.8) is 0 Å². The Labute approximate surface area is 138 Å². The van der Waals surface area contributed by atoms with Gasteiger partial charge < -0.3 is 15.1 Å². The molecule has 1 fully saturated rings. The molecule has 1 aliphatic rings. The summed E-state index contributed by atoms with van der Waals surface area (Å²) in [5, 5.41) is 3.02. The number of nitrogens with one attached hydrogen (secondary N) is 1. The van der Waals surface area contributed by atoms with E-state index < -0.39 is 0 Å². The largest absolute Gasteiger partial charge is 0.338 e. The summed E-state index contributed by atoms with van der Waals surface area (Å²) < 4.78 is 0. The first-order valence-electron chi connectivity index (χ1n) is 8.29. The topological polar surface area (TPSA) is 52.7 Å².